The number of allylic oxidation sites excluding steroid dienone is 1. The summed E-state index contributed by atoms with van der Waals surface area (Å²) in [4.78, 5) is 10.7. The maximum atomic E-state index is 4.41. The maximum Gasteiger partial charge on any atom is 0.193 e. The molecule has 0 unspecified atom stereocenters. The summed E-state index contributed by atoms with van der Waals surface area (Å²) >= 11 is 1.86. The van der Waals surface area contributed by atoms with Crippen LogP contribution in [0.5, 0.6) is 0 Å². The molecule has 0 amide bonds. The predicted molar refractivity (Wildman–Crippen MR) is 106 cm³/mol. The lowest BCUT2D eigenvalue weighted by Gasteiger charge is -2.32. The molecule has 134 valence electrons. The van der Waals surface area contributed by atoms with Gasteiger partial charge in [0.2, 0.25) is 0 Å². The van der Waals surface area contributed by atoms with E-state index >= 15 is 0 Å². The molecule has 4 nitrogen and oxygen atoms in total. The third-order valence-corrected chi connectivity index (χ3v) is 5.55. The normalized spacial score (nSPS) is 17.0. The maximum absolute atomic E-state index is 4.41. The molecule has 1 aromatic heterocycles. The monoisotopic (exact) mass is 348 g/mol. The summed E-state index contributed by atoms with van der Waals surface area (Å²) < 4.78 is 0. The first-order chi connectivity index (χ1) is 11.7. The molecule has 2 rings (SSSR count). The highest BCUT2D eigenvalue weighted by Crippen LogP contribution is 2.20. The molecule has 0 saturated carbocycles. The highest BCUT2D eigenvalue weighted by Gasteiger charge is 2.20. The molecular weight excluding hydrogens is 316 g/mol. The predicted octanol–water partition coefficient (Wildman–Crippen LogP) is 3.43. The van der Waals surface area contributed by atoms with E-state index in [1.807, 2.05) is 24.5 Å². The first kappa shape index (κ1) is 19.0. The van der Waals surface area contributed by atoms with Crippen LogP contribution in [0.15, 0.2) is 35.2 Å². The zero-order valence-electron chi connectivity index (χ0n) is 15.2. The van der Waals surface area contributed by atoms with Crippen LogP contribution in [0.2, 0.25) is 0 Å². The van der Waals surface area contributed by atoms with Crippen molar-refractivity contribution in [3.05, 3.63) is 35.0 Å². The molecule has 0 aromatic carbocycles. The average Bonchev–Trinajstić information content (AvgIpc) is 3.10. The van der Waals surface area contributed by atoms with Crippen LogP contribution in [0.25, 0.3) is 0 Å². The van der Waals surface area contributed by atoms with E-state index < -0.39 is 0 Å². The Morgan fingerprint density at radius 2 is 2.29 bits per heavy atom. The van der Waals surface area contributed by atoms with E-state index in [2.05, 4.69) is 51.2 Å². The van der Waals surface area contributed by atoms with Crippen molar-refractivity contribution in [2.75, 3.05) is 40.3 Å². The Balaban J connectivity index is 1.66. The largest absolute Gasteiger partial charge is 0.356 e. The molecule has 5 heteroatoms. The van der Waals surface area contributed by atoms with E-state index in [0.29, 0.717) is 0 Å². The molecule has 0 radical (unpaired) electrons. The van der Waals surface area contributed by atoms with Gasteiger partial charge in [0, 0.05) is 38.6 Å². The standard InChI is InChI=1S/C19H32N4S/c1-4-5-6-11-22(3)19(20-2)21-15-17-9-12-23(13-10-17)16-18-8-7-14-24-18/h4,7-8,14,17H,1,5-6,9-13,15-16H2,2-3H3,(H,20,21). The van der Waals surface area contributed by atoms with Gasteiger partial charge in [-0.3, -0.25) is 9.89 Å². The fraction of sp³-hybridized carbons (Fsp3) is 0.632. The number of unbranched alkanes of at least 4 members (excludes halogenated alkanes) is 1. The Kier molecular flexibility index (Phi) is 8.33. The van der Waals surface area contributed by atoms with Gasteiger partial charge in [0.15, 0.2) is 5.96 Å². The summed E-state index contributed by atoms with van der Waals surface area (Å²) in [5.41, 5.74) is 0. The van der Waals surface area contributed by atoms with Crippen molar-refractivity contribution in [3.8, 4) is 0 Å². The average molecular weight is 349 g/mol. The zero-order chi connectivity index (χ0) is 17.2. The van der Waals surface area contributed by atoms with Crippen molar-refractivity contribution in [3.63, 3.8) is 0 Å². The first-order valence-corrected chi connectivity index (χ1v) is 9.88. The Morgan fingerprint density at radius 3 is 2.92 bits per heavy atom. The SMILES string of the molecule is C=CCCCN(C)C(=NC)NCC1CCN(Cc2cccs2)CC1. The molecule has 1 saturated heterocycles. The number of guanidine groups is 1. The zero-order valence-corrected chi connectivity index (χ0v) is 16.0. The topological polar surface area (TPSA) is 30.9 Å². The quantitative estimate of drug-likeness (QED) is 0.338. The van der Waals surface area contributed by atoms with Crippen LogP contribution in [-0.2, 0) is 6.54 Å². The van der Waals surface area contributed by atoms with Gasteiger partial charge < -0.3 is 10.2 Å². The highest BCUT2D eigenvalue weighted by atomic mass is 32.1. The third kappa shape index (κ3) is 6.29. The van der Waals surface area contributed by atoms with Crippen LogP contribution in [0.4, 0.5) is 0 Å². The number of hydrogen-bond donors (Lipinski definition) is 1. The van der Waals surface area contributed by atoms with E-state index in [-0.39, 0.29) is 0 Å². The van der Waals surface area contributed by atoms with E-state index in [0.717, 1.165) is 44.4 Å². The molecule has 0 aliphatic carbocycles. The molecule has 1 N–H and O–H groups in total. The van der Waals surface area contributed by atoms with E-state index in [4.69, 9.17) is 0 Å². The second kappa shape index (κ2) is 10.5. The fourth-order valence-electron chi connectivity index (χ4n) is 3.17. The lowest BCUT2D eigenvalue weighted by Crippen LogP contribution is -2.43. The fourth-order valence-corrected chi connectivity index (χ4v) is 3.92. The van der Waals surface area contributed by atoms with Gasteiger partial charge in [-0.15, -0.1) is 17.9 Å². The van der Waals surface area contributed by atoms with Crippen LogP contribution in [-0.4, -0.2) is 56.0 Å². The number of thiophene rings is 1. The summed E-state index contributed by atoms with van der Waals surface area (Å²) in [7, 11) is 3.98. The van der Waals surface area contributed by atoms with Gasteiger partial charge in [0.25, 0.3) is 0 Å². The minimum atomic E-state index is 0.753. The number of aliphatic imine (C=N–C) groups is 1. The molecular formula is C19H32N4S. The van der Waals surface area contributed by atoms with Crippen LogP contribution >= 0.6 is 11.3 Å². The van der Waals surface area contributed by atoms with Crippen LogP contribution in [0.1, 0.15) is 30.6 Å². The van der Waals surface area contributed by atoms with E-state index in [9.17, 15) is 0 Å². The van der Waals surface area contributed by atoms with Crippen molar-refractivity contribution >= 4 is 17.3 Å². The van der Waals surface area contributed by atoms with Gasteiger partial charge in [-0.2, -0.15) is 0 Å². The van der Waals surface area contributed by atoms with Crippen molar-refractivity contribution < 1.29 is 0 Å². The van der Waals surface area contributed by atoms with Gasteiger partial charge in [0.1, 0.15) is 0 Å². The lowest BCUT2D eigenvalue weighted by atomic mass is 9.97. The number of nitrogens with zero attached hydrogens (tertiary/aromatic N) is 3. The molecule has 1 fully saturated rings. The van der Waals surface area contributed by atoms with Crippen molar-refractivity contribution in [1.29, 1.82) is 0 Å². The lowest BCUT2D eigenvalue weighted by molar-refractivity contribution is 0.179. The summed E-state index contributed by atoms with van der Waals surface area (Å²) in [6.45, 7) is 9.36. The van der Waals surface area contributed by atoms with Crippen molar-refractivity contribution in [2.24, 2.45) is 10.9 Å². The second-order valence-corrected chi connectivity index (χ2v) is 7.61. The van der Waals surface area contributed by atoms with Gasteiger partial charge in [-0.1, -0.05) is 12.1 Å². The molecule has 0 atom stereocenters. The Hall–Kier alpha value is -1.33. The van der Waals surface area contributed by atoms with Crippen molar-refractivity contribution in [2.45, 2.75) is 32.2 Å². The second-order valence-electron chi connectivity index (χ2n) is 6.58. The van der Waals surface area contributed by atoms with Gasteiger partial charge >= 0.3 is 0 Å². The Morgan fingerprint density at radius 1 is 1.50 bits per heavy atom. The third-order valence-electron chi connectivity index (χ3n) is 4.69. The summed E-state index contributed by atoms with van der Waals surface area (Å²) in [6.07, 6.45) is 6.71. The molecule has 1 aromatic rings. The molecule has 1 aliphatic rings. The van der Waals surface area contributed by atoms with Crippen LogP contribution in [0.3, 0.4) is 0 Å². The number of piperidine rings is 1. The van der Waals surface area contributed by atoms with Crippen molar-refractivity contribution in [1.82, 2.24) is 15.1 Å². The number of likely N-dealkylation sites (tertiary alicyclic amines) is 1. The Labute approximate surface area is 151 Å². The molecule has 1 aliphatic heterocycles. The summed E-state index contributed by atoms with van der Waals surface area (Å²) in [6, 6.07) is 4.39. The first-order valence-electron chi connectivity index (χ1n) is 9.00. The summed E-state index contributed by atoms with van der Waals surface area (Å²) in [5.74, 6) is 1.77. The Bertz CT molecular complexity index is 489. The smallest absolute Gasteiger partial charge is 0.193 e. The number of nitrogens with one attached hydrogen (secondary N) is 1. The van der Waals surface area contributed by atoms with E-state index in [1.54, 1.807) is 0 Å². The number of hydrogen-bond acceptors (Lipinski definition) is 3. The van der Waals surface area contributed by atoms with Crippen LogP contribution < -0.4 is 5.32 Å². The van der Waals surface area contributed by atoms with Crippen LogP contribution in [0, 0.1) is 5.92 Å². The van der Waals surface area contributed by atoms with Gasteiger partial charge in [-0.25, -0.2) is 0 Å². The number of rotatable bonds is 8. The van der Waals surface area contributed by atoms with Gasteiger partial charge in [0.05, 0.1) is 0 Å². The molecule has 0 bridgehead atoms. The molecule has 2 heterocycles. The molecule has 24 heavy (non-hydrogen) atoms. The van der Waals surface area contributed by atoms with E-state index in [1.165, 1.54) is 30.8 Å². The minimum absolute atomic E-state index is 0.753. The van der Waals surface area contributed by atoms with Gasteiger partial charge in [-0.05, 0) is 56.1 Å². The summed E-state index contributed by atoms with van der Waals surface area (Å²) in [5, 5.41) is 5.73. The minimum Gasteiger partial charge on any atom is -0.356 e. The highest BCUT2D eigenvalue weighted by molar-refractivity contribution is 7.09. The molecule has 0 spiro atoms.